The van der Waals surface area contributed by atoms with Crippen LogP contribution in [0.1, 0.15) is 38.8 Å². The average molecular weight is 425 g/mol. The number of benzene rings is 2. The van der Waals surface area contributed by atoms with Crippen LogP contribution in [0.25, 0.3) is 0 Å². The highest BCUT2D eigenvalue weighted by atomic mass is 32.1. The number of nitrogens with zero attached hydrogens (tertiary/aromatic N) is 3. The van der Waals surface area contributed by atoms with E-state index >= 15 is 0 Å². The molecule has 0 saturated carbocycles. The molecule has 0 aliphatic carbocycles. The van der Waals surface area contributed by atoms with Crippen LogP contribution in [0.4, 0.5) is 4.39 Å². The van der Waals surface area contributed by atoms with Crippen molar-refractivity contribution in [2.24, 2.45) is 5.92 Å². The van der Waals surface area contributed by atoms with Crippen LogP contribution in [0, 0.1) is 11.7 Å². The van der Waals surface area contributed by atoms with Crippen molar-refractivity contribution in [3.8, 4) is 0 Å². The summed E-state index contributed by atoms with van der Waals surface area (Å²) in [6.45, 7) is 3.16. The highest BCUT2D eigenvalue weighted by Gasteiger charge is 2.21. The van der Waals surface area contributed by atoms with E-state index in [0.29, 0.717) is 11.6 Å². The molecule has 1 aromatic heterocycles. The predicted molar refractivity (Wildman–Crippen MR) is 116 cm³/mol. The van der Waals surface area contributed by atoms with Crippen molar-refractivity contribution in [3.63, 3.8) is 0 Å². The normalized spacial score (nSPS) is 15.2. The summed E-state index contributed by atoms with van der Waals surface area (Å²) in [4.78, 5) is 14.7. The lowest BCUT2D eigenvalue weighted by Crippen LogP contribution is -2.33. The number of piperidine rings is 1. The summed E-state index contributed by atoms with van der Waals surface area (Å²) in [7, 11) is 0. The van der Waals surface area contributed by atoms with E-state index in [2.05, 4.69) is 50.7 Å². The topological polar surface area (TPSA) is 58.1 Å². The first-order chi connectivity index (χ1) is 14.7. The Bertz CT molecular complexity index is 953. The van der Waals surface area contributed by atoms with Crippen LogP contribution in [0.3, 0.4) is 0 Å². The molecular formula is C23H25FN4OS. The Hall–Kier alpha value is -2.64. The number of likely N-dealkylation sites (tertiary alicyclic amines) is 1. The Kier molecular flexibility index (Phi) is 6.81. The predicted octanol–water partition coefficient (Wildman–Crippen LogP) is 4.06. The number of hydrogen-bond acceptors (Lipinski definition) is 5. The fraction of sp³-hybridized carbons (Fsp3) is 0.348. The molecule has 30 heavy (non-hydrogen) atoms. The molecule has 1 aliphatic rings. The zero-order chi connectivity index (χ0) is 20.8. The summed E-state index contributed by atoms with van der Waals surface area (Å²) in [5, 5.41) is 12.3. The molecule has 1 fully saturated rings. The van der Waals surface area contributed by atoms with Gasteiger partial charge in [0, 0.05) is 6.54 Å². The number of nitrogens with one attached hydrogen (secondary N) is 1. The molecule has 1 amide bonds. The molecule has 0 radical (unpaired) electrons. The zero-order valence-corrected chi connectivity index (χ0v) is 17.6. The van der Waals surface area contributed by atoms with E-state index < -0.39 is 0 Å². The van der Waals surface area contributed by atoms with Crippen LogP contribution >= 0.6 is 11.3 Å². The van der Waals surface area contributed by atoms with E-state index in [1.807, 2.05) is 0 Å². The molecule has 1 N–H and O–H groups in total. The van der Waals surface area contributed by atoms with Gasteiger partial charge in [0.25, 0.3) is 5.91 Å². The molecule has 2 aromatic carbocycles. The van der Waals surface area contributed by atoms with Gasteiger partial charge in [-0.3, -0.25) is 9.69 Å². The van der Waals surface area contributed by atoms with Gasteiger partial charge in [-0.15, -0.1) is 10.2 Å². The van der Waals surface area contributed by atoms with Crippen molar-refractivity contribution >= 4 is 17.2 Å². The third kappa shape index (κ3) is 5.70. The maximum Gasteiger partial charge on any atom is 0.282 e. The van der Waals surface area contributed by atoms with E-state index in [9.17, 15) is 9.18 Å². The zero-order valence-electron chi connectivity index (χ0n) is 16.8. The third-order valence-electron chi connectivity index (χ3n) is 5.46. The SMILES string of the molecule is O=C(NCc1ccc(F)cc1)c1nnc(CN2CCC(Cc3ccccc3)CC2)s1. The fourth-order valence-corrected chi connectivity index (χ4v) is 4.56. The van der Waals surface area contributed by atoms with E-state index in [1.165, 1.54) is 41.9 Å². The van der Waals surface area contributed by atoms with Gasteiger partial charge in [0.05, 0.1) is 6.54 Å². The Morgan fingerprint density at radius 3 is 2.50 bits per heavy atom. The Labute approximate surface area is 180 Å². The first-order valence-corrected chi connectivity index (χ1v) is 11.1. The average Bonchev–Trinajstić information content (AvgIpc) is 3.24. The minimum Gasteiger partial charge on any atom is -0.346 e. The van der Waals surface area contributed by atoms with Crippen molar-refractivity contribution in [1.29, 1.82) is 0 Å². The molecule has 0 unspecified atom stereocenters. The van der Waals surface area contributed by atoms with Gasteiger partial charge >= 0.3 is 0 Å². The number of amides is 1. The van der Waals surface area contributed by atoms with Gasteiger partial charge in [0.2, 0.25) is 5.01 Å². The second-order valence-corrected chi connectivity index (χ2v) is 8.78. The highest BCUT2D eigenvalue weighted by Crippen LogP contribution is 2.23. The van der Waals surface area contributed by atoms with E-state index in [1.54, 1.807) is 12.1 Å². The van der Waals surface area contributed by atoms with Gasteiger partial charge in [0.15, 0.2) is 0 Å². The molecule has 5 nitrogen and oxygen atoms in total. The molecule has 0 atom stereocenters. The summed E-state index contributed by atoms with van der Waals surface area (Å²) in [5.74, 6) is 0.193. The number of hydrogen-bond donors (Lipinski definition) is 1. The maximum absolute atomic E-state index is 13.0. The van der Waals surface area contributed by atoms with Gasteiger partial charge in [-0.1, -0.05) is 53.8 Å². The van der Waals surface area contributed by atoms with Gasteiger partial charge in [-0.2, -0.15) is 0 Å². The maximum atomic E-state index is 13.0. The lowest BCUT2D eigenvalue weighted by Gasteiger charge is -2.31. The summed E-state index contributed by atoms with van der Waals surface area (Å²) >= 11 is 1.34. The summed E-state index contributed by atoms with van der Waals surface area (Å²) in [5.41, 5.74) is 2.25. The van der Waals surface area contributed by atoms with E-state index in [4.69, 9.17) is 0 Å². The van der Waals surface area contributed by atoms with Gasteiger partial charge in [-0.25, -0.2) is 4.39 Å². The minimum atomic E-state index is -0.289. The number of carbonyl (C=O) groups excluding carboxylic acids is 1. The van der Waals surface area contributed by atoms with Gasteiger partial charge < -0.3 is 5.32 Å². The number of carbonyl (C=O) groups is 1. The first-order valence-electron chi connectivity index (χ1n) is 10.3. The molecule has 0 bridgehead atoms. The van der Waals surface area contributed by atoms with E-state index in [0.717, 1.165) is 42.5 Å². The Morgan fingerprint density at radius 1 is 1.03 bits per heavy atom. The lowest BCUT2D eigenvalue weighted by molar-refractivity contribution is 0.0950. The highest BCUT2D eigenvalue weighted by molar-refractivity contribution is 7.13. The molecule has 7 heteroatoms. The van der Waals surface area contributed by atoms with Crippen molar-refractivity contribution in [1.82, 2.24) is 20.4 Å². The van der Waals surface area contributed by atoms with Crippen LogP contribution in [-0.4, -0.2) is 34.1 Å². The number of aromatic nitrogens is 2. The van der Waals surface area contributed by atoms with E-state index in [-0.39, 0.29) is 11.7 Å². The molecule has 2 heterocycles. The lowest BCUT2D eigenvalue weighted by atomic mass is 9.90. The third-order valence-corrected chi connectivity index (χ3v) is 6.37. The van der Waals surface area contributed by atoms with Crippen LogP contribution in [0.2, 0.25) is 0 Å². The molecular weight excluding hydrogens is 399 g/mol. The molecule has 4 rings (SSSR count). The van der Waals surface area contributed by atoms with Crippen LogP contribution in [0.5, 0.6) is 0 Å². The van der Waals surface area contributed by atoms with Crippen LogP contribution in [0.15, 0.2) is 54.6 Å². The number of rotatable bonds is 7. The Morgan fingerprint density at radius 2 is 1.77 bits per heavy atom. The Balaban J connectivity index is 1.22. The minimum absolute atomic E-state index is 0.246. The molecule has 1 aliphatic heterocycles. The molecule has 0 spiro atoms. The van der Waals surface area contributed by atoms with Crippen molar-refractivity contribution in [2.75, 3.05) is 13.1 Å². The van der Waals surface area contributed by atoms with Crippen molar-refractivity contribution in [3.05, 3.63) is 81.6 Å². The smallest absolute Gasteiger partial charge is 0.282 e. The quantitative estimate of drug-likeness (QED) is 0.621. The van der Waals surface area contributed by atoms with Gasteiger partial charge in [-0.05, 0) is 61.5 Å². The van der Waals surface area contributed by atoms with Gasteiger partial charge in [0.1, 0.15) is 10.8 Å². The second-order valence-electron chi connectivity index (χ2n) is 7.72. The van der Waals surface area contributed by atoms with Crippen molar-refractivity contribution < 1.29 is 9.18 Å². The second kappa shape index (κ2) is 9.91. The molecule has 1 saturated heterocycles. The number of halogens is 1. The van der Waals surface area contributed by atoms with Crippen LogP contribution in [-0.2, 0) is 19.5 Å². The van der Waals surface area contributed by atoms with Crippen molar-refractivity contribution in [2.45, 2.75) is 32.4 Å². The van der Waals surface area contributed by atoms with Crippen LogP contribution < -0.4 is 5.32 Å². The molecule has 3 aromatic rings. The monoisotopic (exact) mass is 424 g/mol. The largest absolute Gasteiger partial charge is 0.346 e. The standard InChI is InChI=1S/C23H25FN4OS/c24-20-8-6-19(7-9-20)15-25-22(29)23-27-26-21(30-23)16-28-12-10-18(11-13-28)14-17-4-2-1-3-5-17/h1-9,18H,10-16H2,(H,25,29). The summed E-state index contributed by atoms with van der Waals surface area (Å²) < 4.78 is 13.0. The summed E-state index contributed by atoms with van der Waals surface area (Å²) in [6.07, 6.45) is 3.50. The fourth-order valence-electron chi connectivity index (χ4n) is 3.76. The summed E-state index contributed by atoms with van der Waals surface area (Å²) in [6, 6.07) is 16.8. The molecule has 156 valence electrons. The first kappa shape index (κ1) is 20.6.